The number of fused-ring (bicyclic) bond motifs is 1. The van der Waals surface area contributed by atoms with Crippen LogP contribution in [0.15, 0.2) is 30.3 Å². The normalized spacial score (nSPS) is 17.5. The van der Waals surface area contributed by atoms with Gasteiger partial charge in [0, 0.05) is 11.4 Å². The zero-order chi connectivity index (χ0) is 13.9. The molecule has 0 aliphatic heterocycles. The Kier molecular flexibility index (Phi) is 3.69. The van der Waals surface area contributed by atoms with E-state index >= 15 is 0 Å². The second kappa shape index (κ2) is 5.63. The van der Waals surface area contributed by atoms with E-state index in [1.807, 2.05) is 18.2 Å². The second-order valence-corrected chi connectivity index (χ2v) is 6.03. The Labute approximate surface area is 121 Å². The third-order valence-electron chi connectivity index (χ3n) is 3.54. The molecule has 4 nitrogen and oxygen atoms in total. The Balaban J connectivity index is 1.74. The summed E-state index contributed by atoms with van der Waals surface area (Å²) < 4.78 is 0. The topological polar surface area (TPSA) is 62.2 Å². The van der Waals surface area contributed by atoms with Gasteiger partial charge in [-0.1, -0.05) is 30.3 Å². The molecular weight excluding hydrogens is 272 g/mol. The van der Waals surface area contributed by atoms with Crippen molar-refractivity contribution >= 4 is 22.4 Å². The standard InChI is InChI=1S/C15H16N2O2S/c18-14(19)11-7-4-8-12-13(11)17-15(20-12)16-9-10-5-2-1-3-6-10/h1-3,5-6,11H,4,7-9H2,(H,16,17)(H,18,19). The monoisotopic (exact) mass is 288 g/mol. The number of aromatic nitrogens is 1. The molecule has 0 bridgehead atoms. The number of nitrogens with zero attached hydrogens (tertiary/aromatic N) is 1. The number of hydrogen-bond acceptors (Lipinski definition) is 4. The molecule has 1 aliphatic carbocycles. The smallest absolute Gasteiger partial charge is 0.312 e. The Bertz CT molecular complexity index is 610. The van der Waals surface area contributed by atoms with E-state index in [9.17, 15) is 9.90 Å². The minimum absolute atomic E-state index is 0.428. The zero-order valence-electron chi connectivity index (χ0n) is 11.0. The molecule has 0 spiro atoms. The van der Waals surface area contributed by atoms with Gasteiger partial charge >= 0.3 is 5.97 Å². The van der Waals surface area contributed by atoms with Gasteiger partial charge in [-0.25, -0.2) is 4.98 Å². The number of anilines is 1. The third kappa shape index (κ3) is 2.67. The van der Waals surface area contributed by atoms with Crippen molar-refractivity contribution in [1.29, 1.82) is 0 Å². The molecule has 1 heterocycles. The Morgan fingerprint density at radius 1 is 1.40 bits per heavy atom. The number of nitrogens with one attached hydrogen (secondary N) is 1. The Hall–Kier alpha value is -1.88. The summed E-state index contributed by atoms with van der Waals surface area (Å²) in [4.78, 5) is 16.9. The van der Waals surface area contributed by atoms with Crippen LogP contribution in [0.2, 0.25) is 0 Å². The number of aryl methyl sites for hydroxylation is 1. The van der Waals surface area contributed by atoms with Crippen LogP contribution in [0, 0.1) is 0 Å². The molecule has 0 radical (unpaired) electrons. The van der Waals surface area contributed by atoms with E-state index in [1.54, 1.807) is 11.3 Å². The number of carbonyl (C=O) groups is 1. The van der Waals surface area contributed by atoms with Crippen molar-refractivity contribution in [1.82, 2.24) is 4.98 Å². The number of thiazole rings is 1. The van der Waals surface area contributed by atoms with Crippen LogP contribution in [0.4, 0.5) is 5.13 Å². The van der Waals surface area contributed by atoms with E-state index in [0.29, 0.717) is 13.0 Å². The average Bonchev–Trinajstić information content (AvgIpc) is 2.88. The van der Waals surface area contributed by atoms with Gasteiger partial charge < -0.3 is 10.4 Å². The van der Waals surface area contributed by atoms with Gasteiger partial charge in [0.1, 0.15) is 5.92 Å². The SMILES string of the molecule is O=C(O)C1CCCc2sc(NCc3ccccc3)nc21. The summed E-state index contributed by atoms with van der Waals surface area (Å²) in [7, 11) is 0. The molecule has 1 aromatic heterocycles. The van der Waals surface area contributed by atoms with Crippen LogP contribution in [0.5, 0.6) is 0 Å². The molecule has 1 aliphatic rings. The minimum atomic E-state index is -0.758. The number of aliphatic carboxylic acids is 1. The van der Waals surface area contributed by atoms with Crippen molar-refractivity contribution in [3.05, 3.63) is 46.5 Å². The van der Waals surface area contributed by atoms with E-state index in [2.05, 4.69) is 22.4 Å². The maximum atomic E-state index is 11.2. The minimum Gasteiger partial charge on any atom is -0.481 e. The quantitative estimate of drug-likeness (QED) is 0.906. The summed E-state index contributed by atoms with van der Waals surface area (Å²) in [6.45, 7) is 0.713. The van der Waals surface area contributed by atoms with Crippen LogP contribution in [0.25, 0.3) is 0 Å². The molecule has 1 unspecified atom stereocenters. The van der Waals surface area contributed by atoms with Gasteiger partial charge in [-0.2, -0.15) is 0 Å². The Morgan fingerprint density at radius 3 is 2.95 bits per heavy atom. The summed E-state index contributed by atoms with van der Waals surface area (Å²) in [5.74, 6) is -1.19. The largest absolute Gasteiger partial charge is 0.481 e. The van der Waals surface area contributed by atoms with Gasteiger partial charge in [-0.15, -0.1) is 11.3 Å². The first-order valence-corrected chi connectivity index (χ1v) is 7.56. The number of rotatable bonds is 4. The zero-order valence-corrected chi connectivity index (χ0v) is 11.8. The summed E-state index contributed by atoms with van der Waals surface area (Å²) >= 11 is 1.59. The highest BCUT2D eigenvalue weighted by molar-refractivity contribution is 7.15. The molecule has 0 fully saturated rings. The number of hydrogen-bond donors (Lipinski definition) is 2. The molecule has 0 amide bonds. The number of carboxylic acid groups (broad SMARTS) is 1. The highest BCUT2D eigenvalue weighted by Gasteiger charge is 2.29. The van der Waals surface area contributed by atoms with Crippen molar-refractivity contribution in [3.63, 3.8) is 0 Å². The van der Waals surface area contributed by atoms with Crippen LogP contribution in [-0.4, -0.2) is 16.1 Å². The van der Waals surface area contributed by atoms with Crippen molar-refractivity contribution in [2.45, 2.75) is 31.7 Å². The molecule has 1 aromatic carbocycles. The maximum Gasteiger partial charge on any atom is 0.312 e. The van der Waals surface area contributed by atoms with Gasteiger partial charge in [-0.05, 0) is 24.8 Å². The Morgan fingerprint density at radius 2 is 2.20 bits per heavy atom. The lowest BCUT2D eigenvalue weighted by molar-refractivity contribution is -0.139. The van der Waals surface area contributed by atoms with E-state index in [4.69, 9.17) is 0 Å². The van der Waals surface area contributed by atoms with Gasteiger partial charge in [0.05, 0.1) is 5.69 Å². The molecule has 3 rings (SSSR count). The van der Waals surface area contributed by atoms with Crippen LogP contribution >= 0.6 is 11.3 Å². The lowest BCUT2D eigenvalue weighted by Gasteiger charge is -2.16. The summed E-state index contributed by atoms with van der Waals surface area (Å²) in [5.41, 5.74) is 1.96. The van der Waals surface area contributed by atoms with Crippen LogP contribution < -0.4 is 5.32 Å². The summed E-state index contributed by atoms with van der Waals surface area (Å²) in [6.07, 6.45) is 2.58. The van der Waals surface area contributed by atoms with E-state index in [-0.39, 0.29) is 0 Å². The fraction of sp³-hybridized carbons (Fsp3) is 0.333. The van der Waals surface area contributed by atoms with Gasteiger partial charge in [0.2, 0.25) is 0 Å². The van der Waals surface area contributed by atoms with Gasteiger partial charge in [-0.3, -0.25) is 4.79 Å². The molecule has 0 saturated heterocycles. The van der Waals surface area contributed by atoms with Crippen molar-refractivity contribution < 1.29 is 9.90 Å². The predicted octanol–water partition coefficient (Wildman–Crippen LogP) is 3.26. The van der Waals surface area contributed by atoms with Crippen molar-refractivity contribution in [2.24, 2.45) is 0 Å². The predicted molar refractivity (Wildman–Crippen MR) is 79.2 cm³/mol. The molecule has 2 N–H and O–H groups in total. The van der Waals surface area contributed by atoms with E-state index in [1.165, 1.54) is 5.56 Å². The third-order valence-corrected chi connectivity index (χ3v) is 4.63. The molecule has 1 atom stereocenters. The van der Waals surface area contributed by atoms with Gasteiger partial charge in [0.15, 0.2) is 5.13 Å². The van der Waals surface area contributed by atoms with Crippen LogP contribution in [-0.2, 0) is 17.8 Å². The lowest BCUT2D eigenvalue weighted by Crippen LogP contribution is -2.17. The first kappa shape index (κ1) is 13.1. The van der Waals surface area contributed by atoms with Gasteiger partial charge in [0.25, 0.3) is 0 Å². The fourth-order valence-electron chi connectivity index (χ4n) is 2.51. The molecule has 2 aromatic rings. The fourth-order valence-corrected chi connectivity index (χ4v) is 3.57. The number of carboxylic acids is 1. The molecule has 20 heavy (non-hydrogen) atoms. The second-order valence-electron chi connectivity index (χ2n) is 4.95. The van der Waals surface area contributed by atoms with Crippen LogP contribution in [0.1, 0.15) is 34.9 Å². The summed E-state index contributed by atoms with van der Waals surface area (Å²) in [5, 5.41) is 13.4. The average molecular weight is 288 g/mol. The lowest BCUT2D eigenvalue weighted by atomic mass is 9.91. The van der Waals surface area contributed by atoms with Crippen molar-refractivity contribution in [3.8, 4) is 0 Å². The highest BCUT2D eigenvalue weighted by atomic mass is 32.1. The molecular formula is C15H16N2O2S. The molecule has 0 saturated carbocycles. The molecule has 104 valence electrons. The first-order valence-electron chi connectivity index (χ1n) is 6.74. The number of benzene rings is 1. The van der Waals surface area contributed by atoms with Crippen molar-refractivity contribution in [2.75, 3.05) is 5.32 Å². The van der Waals surface area contributed by atoms with E-state index in [0.717, 1.165) is 28.5 Å². The van der Waals surface area contributed by atoms with E-state index < -0.39 is 11.9 Å². The first-order chi connectivity index (χ1) is 9.74. The molecule has 5 heteroatoms. The maximum absolute atomic E-state index is 11.2. The van der Waals surface area contributed by atoms with Crippen LogP contribution in [0.3, 0.4) is 0 Å². The summed E-state index contributed by atoms with van der Waals surface area (Å²) in [6, 6.07) is 10.1. The highest BCUT2D eigenvalue weighted by Crippen LogP contribution is 2.36.